The molecular weight excluding hydrogens is 224 g/mol. The lowest BCUT2D eigenvalue weighted by Gasteiger charge is -1.91. The molecule has 2 aromatic rings. The quantitative estimate of drug-likeness (QED) is 0.830. The predicted octanol–water partition coefficient (Wildman–Crippen LogP) is 4.07. The third kappa shape index (κ3) is 4.58. The van der Waals surface area contributed by atoms with Crippen molar-refractivity contribution in [3.63, 3.8) is 0 Å². The first-order chi connectivity index (χ1) is 8.65. The van der Waals surface area contributed by atoms with Gasteiger partial charge in [0.15, 0.2) is 0 Å². The highest BCUT2D eigenvalue weighted by Crippen LogP contribution is 2.11. The molecule has 2 rings (SSSR count). The Balaban J connectivity index is 0.000000180. The first-order valence-corrected chi connectivity index (χ1v) is 5.48. The standard InChI is InChI=1S/2C8H8O/c1-2-7-3-5-8(9)6-4-7;1-2-7-4-3-5-8(9)6-7/h2*2-6,9H,1H2. The maximum absolute atomic E-state index is 8.90. The van der Waals surface area contributed by atoms with E-state index < -0.39 is 0 Å². The van der Waals surface area contributed by atoms with Gasteiger partial charge in [-0.25, -0.2) is 0 Å². The van der Waals surface area contributed by atoms with Crippen molar-refractivity contribution in [2.24, 2.45) is 0 Å². The second-order valence-electron chi connectivity index (χ2n) is 3.59. The van der Waals surface area contributed by atoms with E-state index in [1.54, 1.807) is 42.5 Å². The Labute approximate surface area is 107 Å². The van der Waals surface area contributed by atoms with Crippen molar-refractivity contribution >= 4 is 12.2 Å². The summed E-state index contributed by atoms with van der Waals surface area (Å²) in [5.74, 6) is 0.577. The summed E-state index contributed by atoms with van der Waals surface area (Å²) in [4.78, 5) is 0. The molecule has 0 unspecified atom stereocenters. The van der Waals surface area contributed by atoms with Crippen LogP contribution < -0.4 is 0 Å². The topological polar surface area (TPSA) is 40.5 Å². The van der Waals surface area contributed by atoms with Crippen molar-refractivity contribution in [3.8, 4) is 11.5 Å². The van der Waals surface area contributed by atoms with Crippen LogP contribution in [-0.4, -0.2) is 10.2 Å². The smallest absolute Gasteiger partial charge is 0.116 e. The minimum absolute atomic E-state index is 0.285. The van der Waals surface area contributed by atoms with E-state index in [9.17, 15) is 0 Å². The number of benzene rings is 2. The van der Waals surface area contributed by atoms with E-state index in [1.807, 2.05) is 18.2 Å². The Kier molecular flexibility index (Phi) is 5.26. The van der Waals surface area contributed by atoms with Gasteiger partial charge in [-0.2, -0.15) is 0 Å². The third-order valence-electron chi connectivity index (χ3n) is 2.23. The zero-order chi connectivity index (χ0) is 13.4. The van der Waals surface area contributed by atoms with Crippen LogP contribution in [0.25, 0.3) is 12.2 Å². The highest BCUT2D eigenvalue weighted by Gasteiger charge is 1.85. The summed E-state index contributed by atoms with van der Waals surface area (Å²) in [6.07, 6.45) is 3.43. The Bertz CT molecular complexity index is 513. The van der Waals surface area contributed by atoms with Crippen LogP contribution in [0.3, 0.4) is 0 Å². The predicted molar refractivity (Wildman–Crippen MR) is 76.4 cm³/mol. The van der Waals surface area contributed by atoms with Gasteiger partial charge in [-0.3, -0.25) is 0 Å². The molecule has 0 aliphatic carbocycles. The molecule has 0 saturated heterocycles. The lowest BCUT2D eigenvalue weighted by Crippen LogP contribution is -1.67. The van der Waals surface area contributed by atoms with Gasteiger partial charge in [0.05, 0.1) is 0 Å². The van der Waals surface area contributed by atoms with Gasteiger partial charge >= 0.3 is 0 Å². The number of rotatable bonds is 2. The molecule has 0 heterocycles. The van der Waals surface area contributed by atoms with Gasteiger partial charge in [-0.1, -0.05) is 49.6 Å². The second-order valence-corrected chi connectivity index (χ2v) is 3.59. The Morgan fingerprint density at radius 2 is 1.33 bits per heavy atom. The SMILES string of the molecule is C=Cc1ccc(O)cc1.C=Cc1cccc(O)c1. The van der Waals surface area contributed by atoms with Crippen LogP contribution in [0.5, 0.6) is 11.5 Å². The van der Waals surface area contributed by atoms with Gasteiger partial charge in [0.1, 0.15) is 11.5 Å². The Morgan fingerprint density at radius 1 is 0.722 bits per heavy atom. The normalized spacial score (nSPS) is 8.89. The monoisotopic (exact) mass is 240 g/mol. The Hall–Kier alpha value is -2.48. The molecule has 2 heteroatoms. The fourth-order valence-corrected chi connectivity index (χ4v) is 1.26. The van der Waals surface area contributed by atoms with Crippen molar-refractivity contribution < 1.29 is 10.2 Å². The van der Waals surface area contributed by atoms with Crippen LogP contribution in [0, 0.1) is 0 Å². The van der Waals surface area contributed by atoms with Crippen LogP contribution in [0.15, 0.2) is 61.7 Å². The summed E-state index contributed by atoms with van der Waals surface area (Å²) in [7, 11) is 0. The fourth-order valence-electron chi connectivity index (χ4n) is 1.26. The van der Waals surface area contributed by atoms with Gasteiger partial charge in [0, 0.05) is 0 Å². The van der Waals surface area contributed by atoms with E-state index in [0.717, 1.165) is 11.1 Å². The average molecular weight is 240 g/mol. The van der Waals surface area contributed by atoms with Crippen LogP contribution >= 0.6 is 0 Å². The molecule has 2 nitrogen and oxygen atoms in total. The second kappa shape index (κ2) is 6.97. The summed E-state index contributed by atoms with van der Waals surface area (Å²) in [6.45, 7) is 7.14. The largest absolute Gasteiger partial charge is 0.508 e. The highest BCUT2D eigenvalue weighted by atomic mass is 16.3. The maximum atomic E-state index is 8.90. The molecule has 0 fully saturated rings. The molecule has 18 heavy (non-hydrogen) atoms. The molecule has 2 aromatic carbocycles. The average Bonchev–Trinajstić information content (AvgIpc) is 2.40. The first-order valence-electron chi connectivity index (χ1n) is 5.48. The van der Waals surface area contributed by atoms with Crippen LogP contribution in [0.4, 0.5) is 0 Å². The maximum Gasteiger partial charge on any atom is 0.116 e. The lowest BCUT2D eigenvalue weighted by molar-refractivity contribution is 0.474. The number of aromatic hydroxyl groups is 2. The van der Waals surface area contributed by atoms with E-state index >= 15 is 0 Å². The fraction of sp³-hybridized carbons (Fsp3) is 0. The van der Waals surface area contributed by atoms with Gasteiger partial charge in [0.2, 0.25) is 0 Å². The molecular formula is C16H16O2. The number of hydrogen-bond donors (Lipinski definition) is 2. The molecule has 0 aliphatic heterocycles. The van der Waals surface area contributed by atoms with Gasteiger partial charge < -0.3 is 10.2 Å². The van der Waals surface area contributed by atoms with E-state index in [0.29, 0.717) is 5.75 Å². The summed E-state index contributed by atoms with van der Waals surface area (Å²) in [5.41, 5.74) is 1.96. The molecule has 0 atom stereocenters. The van der Waals surface area contributed by atoms with E-state index in [4.69, 9.17) is 10.2 Å². The first kappa shape index (κ1) is 13.6. The summed E-state index contributed by atoms with van der Waals surface area (Å²) in [6, 6.07) is 13.8. The summed E-state index contributed by atoms with van der Waals surface area (Å²) in [5, 5.41) is 17.7. The molecule has 0 amide bonds. The lowest BCUT2D eigenvalue weighted by atomic mass is 10.2. The molecule has 0 saturated carbocycles. The summed E-state index contributed by atoms with van der Waals surface area (Å²) < 4.78 is 0. The molecule has 0 aromatic heterocycles. The zero-order valence-electron chi connectivity index (χ0n) is 10.1. The molecule has 0 bridgehead atoms. The van der Waals surface area contributed by atoms with Crippen molar-refractivity contribution in [2.45, 2.75) is 0 Å². The van der Waals surface area contributed by atoms with Crippen LogP contribution in [0.2, 0.25) is 0 Å². The molecule has 0 aliphatic rings. The molecule has 92 valence electrons. The van der Waals surface area contributed by atoms with E-state index in [1.165, 1.54) is 0 Å². The van der Waals surface area contributed by atoms with Crippen molar-refractivity contribution in [3.05, 3.63) is 72.8 Å². The van der Waals surface area contributed by atoms with Crippen molar-refractivity contribution in [2.75, 3.05) is 0 Å². The van der Waals surface area contributed by atoms with E-state index in [-0.39, 0.29) is 5.75 Å². The third-order valence-corrected chi connectivity index (χ3v) is 2.23. The molecule has 0 spiro atoms. The van der Waals surface area contributed by atoms with Crippen LogP contribution in [0.1, 0.15) is 11.1 Å². The zero-order valence-corrected chi connectivity index (χ0v) is 10.1. The van der Waals surface area contributed by atoms with Gasteiger partial charge in [0.25, 0.3) is 0 Å². The Morgan fingerprint density at radius 3 is 1.78 bits per heavy atom. The number of phenols is 2. The molecule has 0 radical (unpaired) electrons. The minimum atomic E-state index is 0.285. The summed E-state index contributed by atoms with van der Waals surface area (Å²) >= 11 is 0. The minimum Gasteiger partial charge on any atom is -0.508 e. The van der Waals surface area contributed by atoms with E-state index in [2.05, 4.69) is 13.2 Å². The van der Waals surface area contributed by atoms with Crippen LogP contribution in [-0.2, 0) is 0 Å². The van der Waals surface area contributed by atoms with Crippen molar-refractivity contribution in [1.82, 2.24) is 0 Å². The van der Waals surface area contributed by atoms with Crippen molar-refractivity contribution in [1.29, 1.82) is 0 Å². The number of phenolic OH excluding ortho intramolecular Hbond substituents is 2. The highest BCUT2D eigenvalue weighted by molar-refractivity contribution is 5.49. The van der Waals surface area contributed by atoms with Gasteiger partial charge in [-0.15, -0.1) is 0 Å². The molecule has 2 N–H and O–H groups in total. The number of hydrogen-bond acceptors (Lipinski definition) is 2. The van der Waals surface area contributed by atoms with Gasteiger partial charge in [-0.05, 0) is 35.4 Å².